The van der Waals surface area contributed by atoms with E-state index in [-0.39, 0.29) is 0 Å². The maximum atomic E-state index is 12.9. The fourth-order valence-electron chi connectivity index (χ4n) is 4.07. The normalized spacial score (nSPS) is 13.9. The molecule has 0 radical (unpaired) electrons. The smallest absolute Gasteiger partial charge is 0.288 e. The lowest BCUT2D eigenvalue weighted by atomic mass is 9.92. The molecule has 1 aliphatic rings. The second-order valence-electron chi connectivity index (χ2n) is 7.35. The van der Waals surface area contributed by atoms with Crippen LogP contribution in [0.1, 0.15) is 17.2 Å². The van der Waals surface area contributed by atoms with E-state index in [1.54, 1.807) is 51.3 Å². The second kappa shape index (κ2) is 8.39. The van der Waals surface area contributed by atoms with Crippen molar-refractivity contribution in [2.45, 2.75) is 6.04 Å². The molecule has 0 aliphatic carbocycles. The Kier molecular flexibility index (Phi) is 5.24. The molecule has 0 spiro atoms. The van der Waals surface area contributed by atoms with E-state index < -0.39 is 11.6 Å². The molecule has 12 nitrogen and oxygen atoms in total. The minimum absolute atomic E-state index is 0.293. The van der Waals surface area contributed by atoms with Gasteiger partial charge in [0.1, 0.15) is 11.7 Å². The first-order valence-electron chi connectivity index (χ1n) is 10.2. The van der Waals surface area contributed by atoms with Gasteiger partial charge in [-0.25, -0.2) is 5.10 Å². The van der Waals surface area contributed by atoms with Crippen molar-refractivity contribution in [1.82, 2.24) is 30.4 Å². The molecule has 12 heteroatoms. The lowest BCUT2D eigenvalue weighted by Gasteiger charge is -2.28. The van der Waals surface area contributed by atoms with Gasteiger partial charge in [0.15, 0.2) is 23.0 Å². The van der Waals surface area contributed by atoms with Gasteiger partial charge in [0.25, 0.3) is 5.56 Å². The number of ether oxygens (including phenoxy) is 4. The van der Waals surface area contributed by atoms with Crippen LogP contribution in [0.5, 0.6) is 23.0 Å². The van der Waals surface area contributed by atoms with Gasteiger partial charge in [-0.3, -0.25) is 4.79 Å². The number of nitrogens with one attached hydrogen (secondary N) is 2. The highest BCUT2D eigenvalue weighted by atomic mass is 16.5. The third kappa shape index (κ3) is 3.27. The Bertz CT molecular complexity index is 1430. The Morgan fingerprint density at radius 2 is 1.56 bits per heavy atom. The maximum Gasteiger partial charge on any atom is 0.288 e. The van der Waals surface area contributed by atoms with Crippen molar-refractivity contribution in [2.75, 3.05) is 33.8 Å². The summed E-state index contributed by atoms with van der Waals surface area (Å²) in [6, 6.07) is 10.3. The van der Waals surface area contributed by atoms with Crippen LogP contribution in [-0.4, -0.2) is 58.8 Å². The number of tetrazole rings is 1. The SMILES string of the molecule is COc1ccc(-c2n[nH]c(=O)c3c2C(c2ccc(OC)c(OC)c2)n2nnnc2N3)cc1OC. The summed E-state index contributed by atoms with van der Waals surface area (Å²) in [5.74, 6) is 2.52. The first-order chi connectivity index (χ1) is 16.6. The molecule has 2 aromatic carbocycles. The van der Waals surface area contributed by atoms with Crippen LogP contribution in [-0.2, 0) is 0 Å². The molecule has 4 aromatic rings. The van der Waals surface area contributed by atoms with Crippen molar-refractivity contribution in [3.8, 4) is 34.3 Å². The van der Waals surface area contributed by atoms with E-state index in [4.69, 9.17) is 18.9 Å². The fourth-order valence-corrected chi connectivity index (χ4v) is 4.07. The number of hydrogen-bond acceptors (Lipinski definition) is 10. The van der Waals surface area contributed by atoms with Gasteiger partial charge in [-0.1, -0.05) is 11.2 Å². The largest absolute Gasteiger partial charge is 0.493 e. The van der Waals surface area contributed by atoms with Crippen LogP contribution < -0.4 is 29.8 Å². The van der Waals surface area contributed by atoms with Gasteiger partial charge in [0, 0.05) is 11.1 Å². The molecule has 34 heavy (non-hydrogen) atoms. The summed E-state index contributed by atoms with van der Waals surface area (Å²) < 4.78 is 23.3. The minimum Gasteiger partial charge on any atom is -0.493 e. The predicted octanol–water partition coefficient (Wildman–Crippen LogP) is 2.15. The van der Waals surface area contributed by atoms with Crippen molar-refractivity contribution in [3.05, 3.63) is 57.9 Å². The highest BCUT2D eigenvalue weighted by Crippen LogP contribution is 2.44. The van der Waals surface area contributed by atoms with E-state index in [9.17, 15) is 4.79 Å². The van der Waals surface area contributed by atoms with Gasteiger partial charge >= 0.3 is 0 Å². The summed E-state index contributed by atoms with van der Waals surface area (Å²) in [6.45, 7) is 0. The number of aromatic nitrogens is 6. The first kappa shape index (κ1) is 21.2. The molecular formula is C22H21N7O5. The molecule has 1 unspecified atom stereocenters. The van der Waals surface area contributed by atoms with Crippen molar-refractivity contribution >= 4 is 11.6 Å². The number of rotatable bonds is 6. The highest BCUT2D eigenvalue weighted by molar-refractivity contribution is 5.76. The highest BCUT2D eigenvalue weighted by Gasteiger charge is 2.35. The van der Waals surface area contributed by atoms with Gasteiger partial charge in [-0.05, 0) is 46.3 Å². The Balaban J connectivity index is 1.78. The Morgan fingerprint density at radius 3 is 2.26 bits per heavy atom. The van der Waals surface area contributed by atoms with E-state index in [1.807, 2.05) is 18.2 Å². The summed E-state index contributed by atoms with van der Waals surface area (Å²) >= 11 is 0. The van der Waals surface area contributed by atoms with Crippen LogP contribution in [0.25, 0.3) is 11.3 Å². The number of methoxy groups -OCH3 is 4. The van der Waals surface area contributed by atoms with E-state index in [0.29, 0.717) is 51.5 Å². The zero-order chi connectivity index (χ0) is 23.8. The van der Waals surface area contributed by atoms with Crippen LogP contribution in [0.15, 0.2) is 41.2 Å². The van der Waals surface area contributed by atoms with Crippen molar-refractivity contribution < 1.29 is 18.9 Å². The molecule has 0 fully saturated rings. The quantitative estimate of drug-likeness (QED) is 0.385. The van der Waals surface area contributed by atoms with E-state index >= 15 is 0 Å². The van der Waals surface area contributed by atoms with Crippen LogP contribution in [0.4, 0.5) is 11.6 Å². The molecule has 2 aromatic heterocycles. The average molecular weight is 463 g/mol. The second-order valence-corrected chi connectivity index (χ2v) is 7.35. The van der Waals surface area contributed by atoms with E-state index in [1.165, 1.54) is 0 Å². The van der Waals surface area contributed by atoms with Gasteiger partial charge in [-0.2, -0.15) is 9.78 Å². The Morgan fingerprint density at radius 1 is 0.882 bits per heavy atom. The van der Waals surface area contributed by atoms with E-state index in [2.05, 4.69) is 31.0 Å². The molecule has 0 saturated heterocycles. The third-order valence-electron chi connectivity index (χ3n) is 5.65. The van der Waals surface area contributed by atoms with Gasteiger partial charge in [-0.15, -0.1) is 0 Å². The molecule has 2 N–H and O–H groups in total. The van der Waals surface area contributed by atoms with Gasteiger partial charge < -0.3 is 24.3 Å². The number of H-pyrrole nitrogens is 1. The van der Waals surface area contributed by atoms with Crippen LogP contribution in [0.2, 0.25) is 0 Å². The van der Waals surface area contributed by atoms with Gasteiger partial charge in [0.2, 0.25) is 5.95 Å². The lowest BCUT2D eigenvalue weighted by Crippen LogP contribution is -2.29. The summed E-state index contributed by atoms with van der Waals surface area (Å²) in [5.41, 5.74) is 2.46. The summed E-state index contributed by atoms with van der Waals surface area (Å²) in [4.78, 5) is 12.9. The number of hydrogen-bond donors (Lipinski definition) is 2. The summed E-state index contributed by atoms with van der Waals surface area (Å²) in [7, 11) is 6.24. The number of benzene rings is 2. The molecule has 174 valence electrons. The number of nitrogens with zero attached hydrogens (tertiary/aromatic N) is 5. The molecule has 0 saturated carbocycles. The molecular weight excluding hydrogens is 442 g/mol. The standard InChI is InChI=1S/C22H21N7O5/c1-31-13-7-5-11(9-15(13)33-3)18-17-19(21(30)25-24-18)23-22-26-27-28-29(22)20(17)12-6-8-14(32-2)16(10-12)34-4/h5-10,20H,1-4H3,(H,25,30)(H,23,26,28). The average Bonchev–Trinajstić information content (AvgIpc) is 3.35. The van der Waals surface area contributed by atoms with Crippen molar-refractivity contribution in [1.29, 1.82) is 0 Å². The van der Waals surface area contributed by atoms with Crippen LogP contribution >= 0.6 is 0 Å². The maximum absolute atomic E-state index is 12.9. The molecule has 1 atom stereocenters. The lowest BCUT2D eigenvalue weighted by molar-refractivity contribution is 0.354. The predicted molar refractivity (Wildman–Crippen MR) is 121 cm³/mol. The monoisotopic (exact) mass is 463 g/mol. The minimum atomic E-state index is -0.584. The van der Waals surface area contributed by atoms with Crippen molar-refractivity contribution in [2.24, 2.45) is 0 Å². The molecule has 1 aliphatic heterocycles. The zero-order valence-electron chi connectivity index (χ0n) is 18.8. The van der Waals surface area contributed by atoms with E-state index in [0.717, 1.165) is 5.56 Å². The van der Waals surface area contributed by atoms with Crippen LogP contribution in [0, 0.1) is 0 Å². The van der Waals surface area contributed by atoms with Gasteiger partial charge in [0.05, 0.1) is 34.1 Å². The Hall–Kier alpha value is -4.61. The number of anilines is 2. The van der Waals surface area contributed by atoms with Crippen molar-refractivity contribution in [3.63, 3.8) is 0 Å². The zero-order valence-corrected chi connectivity index (χ0v) is 18.8. The summed E-state index contributed by atoms with van der Waals surface area (Å²) in [6.07, 6.45) is 0. The van der Waals surface area contributed by atoms with Crippen LogP contribution in [0.3, 0.4) is 0 Å². The fraction of sp³-hybridized carbons (Fsp3) is 0.227. The first-order valence-corrected chi connectivity index (χ1v) is 10.2. The summed E-state index contributed by atoms with van der Waals surface area (Å²) in [5, 5.41) is 22.0. The molecule has 0 amide bonds. The number of aromatic amines is 1. The molecule has 3 heterocycles. The topological polar surface area (TPSA) is 138 Å². The number of fused-ring (bicyclic) bond motifs is 2. The molecule has 0 bridgehead atoms. The third-order valence-corrected chi connectivity index (χ3v) is 5.65. The Labute approximate surface area is 193 Å². The molecule has 5 rings (SSSR count).